The lowest BCUT2D eigenvalue weighted by molar-refractivity contribution is -0.131. The molecule has 3 nitrogen and oxygen atoms in total. The molecule has 0 aliphatic heterocycles. The Balaban J connectivity index is 2.11. The van der Waals surface area contributed by atoms with Crippen molar-refractivity contribution < 1.29 is 4.79 Å². The van der Waals surface area contributed by atoms with Crippen LogP contribution in [0.1, 0.15) is 37.9 Å². The quantitative estimate of drug-likeness (QED) is 0.662. The van der Waals surface area contributed by atoms with Crippen LogP contribution in [0.15, 0.2) is 48.7 Å². The second kappa shape index (κ2) is 8.78. The number of carbonyl (C=O) groups excluding carboxylic acids is 1. The van der Waals surface area contributed by atoms with Gasteiger partial charge in [0.05, 0.1) is 6.54 Å². The third kappa shape index (κ3) is 5.14. The van der Waals surface area contributed by atoms with Gasteiger partial charge >= 0.3 is 0 Å². The first-order chi connectivity index (χ1) is 11.1. The number of unbranched alkanes of at least 4 members (excludes halogenated alkanes) is 1. The number of hydrogen-bond donors (Lipinski definition) is 0. The van der Waals surface area contributed by atoms with Gasteiger partial charge in [0, 0.05) is 25.0 Å². The monoisotopic (exact) mass is 332 g/mol. The Morgan fingerprint density at radius 3 is 2.61 bits per heavy atom. The van der Waals surface area contributed by atoms with Crippen LogP contribution in [0.2, 0.25) is 0 Å². The standard InChI is InChI=1S/C19H25ClN2O/c1-3-4-12-22(19(23)16(2)20)15-18-11-8-13-21(18)14-17-9-6-5-7-10-17/h5-11,13,16H,3-4,12,14-15H2,1-2H3/t16-/m0/s1. The van der Waals surface area contributed by atoms with E-state index >= 15 is 0 Å². The number of aromatic nitrogens is 1. The van der Waals surface area contributed by atoms with Gasteiger partial charge in [0.25, 0.3) is 0 Å². The number of hydrogen-bond acceptors (Lipinski definition) is 1. The number of amides is 1. The normalized spacial score (nSPS) is 12.1. The lowest BCUT2D eigenvalue weighted by Gasteiger charge is -2.24. The van der Waals surface area contributed by atoms with Crippen LogP contribution in [0, 0.1) is 0 Å². The highest BCUT2D eigenvalue weighted by Gasteiger charge is 2.19. The second-order valence-electron chi connectivity index (χ2n) is 5.84. The Kier molecular flexibility index (Phi) is 6.72. The molecule has 0 N–H and O–H groups in total. The van der Waals surface area contributed by atoms with Gasteiger partial charge in [0.1, 0.15) is 5.38 Å². The van der Waals surface area contributed by atoms with E-state index in [0.29, 0.717) is 6.54 Å². The van der Waals surface area contributed by atoms with Crippen molar-refractivity contribution in [3.05, 3.63) is 59.9 Å². The summed E-state index contributed by atoms with van der Waals surface area (Å²) in [5.74, 6) is 0.00702. The molecule has 1 amide bonds. The van der Waals surface area contributed by atoms with E-state index in [2.05, 4.69) is 35.9 Å². The number of halogens is 1. The fourth-order valence-electron chi connectivity index (χ4n) is 2.59. The van der Waals surface area contributed by atoms with Crippen molar-refractivity contribution in [2.75, 3.05) is 6.54 Å². The first kappa shape index (κ1) is 17.6. The topological polar surface area (TPSA) is 25.2 Å². The molecular formula is C19H25ClN2O. The van der Waals surface area contributed by atoms with Crippen molar-refractivity contribution in [3.8, 4) is 0 Å². The predicted octanol–water partition coefficient (Wildman–Crippen LogP) is 4.29. The van der Waals surface area contributed by atoms with E-state index in [0.717, 1.165) is 31.6 Å². The van der Waals surface area contributed by atoms with Gasteiger partial charge in [0.2, 0.25) is 5.91 Å². The summed E-state index contributed by atoms with van der Waals surface area (Å²) in [6, 6.07) is 14.5. The SMILES string of the molecule is CCCCN(Cc1cccn1Cc1ccccc1)C(=O)[C@H](C)Cl. The van der Waals surface area contributed by atoms with Crippen molar-refractivity contribution in [3.63, 3.8) is 0 Å². The van der Waals surface area contributed by atoms with Crippen LogP contribution >= 0.6 is 11.6 Å². The first-order valence-corrected chi connectivity index (χ1v) is 8.66. The van der Waals surface area contributed by atoms with Crippen LogP contribution in [0.3, 0.4) is 0 Å². The summed E-state index contributed by atoms with van der Waals surface area (Å²) >= 11 is 6.01. The van der Waals surface area contributed by atoms with E-state index in [9.17, 15) is 4.79 Å². The van der Waals surface area contributed by atoms with Crippen molar-refractivity contribution in [2.45, 2.75) is 45.2 Å². The number of carbonyl (C=O) groups is 1. The molecule has 23 heavy (non-hydrogen) atoms. The molecular weight excluding hydrogens is 308 g/mol. The number of benzene rings is 1. The molecule has 0 radical (unpaired) electrons. The van der Waals surface area contributed by atoms with E-state index in [1.807, 2.05) is 29.2 Å². The maximum atomic E-state index is 12.3. The van der Waals surface area contributed by atoms with Gasteiger partial charge in [-0.1, -0.05) is 43.7 Å². The molecule has 1 aromatic heterocycles. The van der Waals surface area contributed by atoms with E-state index in [1.54, 1.807) is 6.92 Å². The molecule has 0 saturated carbocycles. The van der Waals surface area contributed by atoms with E-state index in [1.165, 1.54) is 5.56 Å². The fourth-order valence-corrected chi connectivity index (χ4v) is 2.73. The summed E-state index contributed by atoms with van der Waals surface area (Å²) in [4.78, 5) is 14.2. The molecule has 0 bridgehead atoms. The lowest BCUT2D eigenvalue weighted by Crippen LogP contribution is -2.36. The Morgan fingerprint density at radius 1 is 1.22 bits per heavy atom. The number of rotatable bonds is 8. The summed E-state index contributed by atoms with van der Waals surface area (Å²) in [5, 5.41) is -0.482. The minimum Gasteiger partial charge on any atom is -0.345 e. The van der Waals surface area contributed by atoms with Gasteiger partial charge in [-0.25, -0.2) is 0 Å². The third-order valence-electron chi connectivity index (χ3n) is 3.91. The zero-order valence-corrected chi connectivity index (χ0v) is 14.7. The molecule has 2 rings (SSSR count). The number of nitrogens with zero attached hydrogens (tertiary/aromatic N) is 2. The predicted molar refractivity (Wildman–Crippen MR) is 95.6 cm³/mol. The molecule has 0 spiro atoms. The van der Waals surface area contributed by atoms with Gasteiger partial charge in [-0.05, 0) is 31.0 Å². The van der Waals surface area contributed by atoms with Crippen LogP contribution in [-0.2, 0) is 17.9 Å². The highest BCUT2D eigenvalue weighted by molar-refractivity contribution is 6.30. The molecule has 0 saturated heterocycles. The zero-order valence-electron chi connectivity index (χ0n) is 13.9. The summed E-state index contributed by atoms with van der Waals surface area (Å²) < 4.78 is 2.19. The van der Waals surface area contributed by atoms with Gasteiger partial charge in [-0.3, -0.25) is 4.79 Å². The van der Waals surface area contributed by atoms with E-state index < -0.39 is 5.38 Å². The van der Waals surface area contributed by atoms with Crippen molar-refractivity contribution in [2.24, 2.45) is 0 Å². The molecule has 124 valence electrons. The van der Waals surface area contributed by atoms with Gasteiger partial charge in [0.15, 0.2) is 0 Å². The molecule has 1 heterocycles. The largest absolute Gasteiger partial charge is 0.345 e. The Hall–Kier alpha value is -1.74. The van der Waals surface area contributed by atoms with E-state index in [-0.39, 0.29) is 5.91 Å². The summed E-state index contributed by atoms with van der Waals surface area (Å²) in [6.45, 7) is 6.05. The highest BCUT2D eigenvalue weighted by Crippen LogP contribution is 2.13. The average molecular weight is 333 g/mol. The summed E-state index contributed by atoms with van der Waals surface area (Å²) in [7, 11) is 0. The lowest BCUT2D eigenvalue weighted by atomic mass is 10.2. The van der Waals surface area contributed by atoms with Crippen molar-refractivity contribution in [1.29, 1.82) is 0 Å². The Bertz CT molecular complexity index is 607. The molecule has 2 aromatic rings. The molecule has 0 fully saturated rings. The fraction of sp³-hybridized carbons (Fsp3) is 0.421. The highest BCUT2D eigenvalue weighted by atomic mass is 35.5. The van der Waals surface area contributed by atoms with Crippen LogP contribution in [0.4, 0.5) is 0 Å². The van der Waals surface area contributed by atoms with Crippen LogP contribution in [-0.4, -0.2) is 27.3 Å². The van der Waals surface area contributed by atoms with Crippen molar-refractivity contribution in [1.82, 2.24) is 9.47 Å². The van der Waals surface area contributed by atoms with Crippen LogP contribution in [0.5, 0.6) is 0 Å². The Morgan fingerprint density at radius 2 is 1.96 bits per heavy atom. The van der Waals surface area contributed by atoms with Crippen molar-refractivity contribution >= 4 is 17.5 Å². The first-order valence-electron chi connectivity index (χ1n) is 8.22. The third-order valence-corrected chi connectivity index (χ3v) is 4.09. The molecule has 4 heteroatoms. The smallest absolute Gasteiger partial charge is 0.240 e. The van der Waals surface area contributed by atoms with Crippen LogP contribution in [0.25, 0.3) is 0 Å². The molecule has 0 unspecified atom stereocenters. The Labute approximate surface area is 143 Å². The van der Waals surface area contributed by atoms with Gasteiger partial charge in [-0.2, -0.15) is 0 Å². The number of alkyl halides is 1. The second-order valence-corrected chi connectivity index (χ2v) is 6.50. The molecule has 0 aliphatic carbocycles. The minimum atomic E-state index is -0.482. The minimum absolute atomic E-state index is 0.00702. The maximum Gasteiger partial charge on any atom is 0.240 e. The van der Waals surface area contributed by atoms with Crippen LogP contribution < -0.4 is 0 Å². The maximum absolute atomic E-state index is 12.3. The van der Waals surface area contributed by atoms with Gasteiger partial charge < -0.3 is 9.47 Å². The molecule has 0 aliphatic rings. The summed E-state index contributed by atoms with van der Waals surface area (Å²) in [5.41, 5.74) is 2.39. The van der Waals surface area contributed by atoms with E-state index in [4.69, 9.17) is 11.6 Å². The molecule has 1 aromatic carbocycles. The zero-order chi connectivity index (χ0) is 16.7. The summed E-state index contributed by atoms with van der Waals surface area (Å²) in [6.07, 6.45) is 4.12. The average Bonchev–Trinajstić information content (AvgIpc) is 2.98. The van der Waals surface area contributed by atoms with Gasteiger partial charge in [-0.15, -0.1) is 11.6 Å². The molecule has 1 atom stereocenters.